The second-order valence-corrected chi connectivity index (χ2v) is 15.4. The van der Waals surface area contributed by atoms with Crippen molar-refractivity contribution in [3.63, 3.8) is 0 Å². The lowest BCUT2D eigenvalue weighted by Gasteiger charge is -2.16. The molecule has 0 fully saturated rings. The molecule has 2 heterocycles. The third kappa shape index (κ3) is 5.12. The van der Waals surface area contributed by atoms with E-state index in [9.17, 15) is 0 Å². The number of benzene rings is 10. The first-order valence-corrected chi connectivity index (χ1v) is 20.0. The Kier molecular flexibility index (Phi) is 7.26. The Morgan fingerprint density at radius 3 is 1.59 bits per heavy atom. The van der Waals surface area contributed by atoms with Crippen molar-refractivity contribution >= 4 is 65.2 Å². The summed E-state index contributed by atoms with van der Waals surface area (Å²) in [5.41, 5.74) is 14.3. The van der Waals surface area contributed by atoms with Crippen LogP contribution in [-0.4, -0.2) is 9.13 Å². The second-order valence-electron chi connectivity index (χ2n) is 15.4. The van der Waals surface area contributed by atoms with Crippen molar-refractivity contribution < 1.29 is 0 Å². The van der Waals surface area contributed by atoms with Crippen molar-refractivity contribution in [1.82, 2.24) is 9.13 Å². The highest BCUT2D eigenvalue weighted by atomic mass is 15.0. The maximum Gasteiger partial charge on any atom is 0.0547 e. The summed E-state index contributed by atoms with van der Waals surface area (Å²) in [5.74, 6) is 0. The Balaban J connectivity index is 1.04. The molecule has 270 valence electrons. The van der Waals surface area contributed by atoms with Crippen molar-refractivity contribution in [2.75, 3.05) is 0 Å². The van der Waals surface area contributed by atoms with Crippen molar-refractivity contribution in [3.05, 3.63) is 218 Å². The SMILES string of the molecule is c1ccc(-c2cc3ccccc3cc2-n2c3ccccc3c3ccc(-c4ccc5c(c4)c4ccccc4n5-c4cccc(-c5ccc6ccccc6c5)c4)cc32)cc1. The van der Waals surface area contributed by atoms with Gasteiger partial charge in [0, 0.05) is 32.8 Å². The standard InChI is InChI=1S/C56H36N2/c1-2-14-38(15-3-1)50-33-41-17-6-7-18-42(41)35-56(50)58-53-24-11-8-21-47(53)49-29-27-45(36-55(49)58)44-28-30-54-51(34-44)48-22-9-10-23-52(48)57(54)46-20-12-19-40(32-46)43-26-25-37-13-4-5-16-39(37)31-43/h1-36H. The molecule has 0 atom stereocenters. The molecule has 0 aliphatic rings. The van der Waals surface area contributed by atoms with Gasteiger partial charge in [-0.25, -0.2) is 0 Å². The monoisotopic (exact) mass is 736 g/mol. The molecule has 0 N–H and O–H groups in total. The van der Waals surface area contributed by atoms with Crippen LogP contribution in [0.3, 0.4) is 0 Å². The lowest BCUT2D eigenvalue weighted by Crippen LogP contribution is -1.98. The fourth-order valence-corrected chi connectivity index (χ4v) is 9.30. The number of fused-ring (bicyclic) bond motifs is 8. The molecule has 0 unspecified atom stereocenters. The van der Waals surface area contributed by atoms with Crippen LogP contribution in [0.25, 0.3) is 110 Å². The third-order valence-electron chi connectivity index (χ3n) is 12.1. The minimum absolute atomic E-state index is 1.15. The van der Waals surface area contributed by atoms with E-state index in [0.29, 0.717) is 0 Å². The van der Waals surface area contributed by atoms with E-state index in [1.165, 1.54) is 104 Å². The predicted octanol–water partition coefficient (Wildman–Crippen LogP) is 15.2. The Bertz CT molecular complexity index is 3570. The van der Waals surface area contributed by atoms with Gasteiger partial charge in [-0.1, -0.05) is 158 Å². The normalized spacial score (nSPS) is 11.8. The zero-order valence-corrected chi connectivity index (χ0v) is 31.7. The second kappa shape index (κ2) is 12.9. The molecule has 2 heteroatoms. The Labute approximate surface area is 336 Å². The number of para-hydroxylation sites is 2. The number of aromatic nitrogens is 2. The lowest BCUT2D eigenvalue weighted by molar-refractivity contribution is 1.18. The van der Waals surface area contributed by atoms with Crippen molar-refractivity contribution in [2.45, 2.75) is 0 Å². The zero-order valence-electron chi connectivity index (χ0n) is 31.7. The minimum atomic E-state index is 1.15. The molecule has 0 bridgehead atoms. The van der Waals surface area contributed by atoms with Gasteiger partial charge >= 0.3 is 0 Å². The van der Waals surface area contributed by atoms with E-state index >= 15 is 0 Å². The number of rotatable bonds is 5. The molecule has 0 spiro atoms. The summed E-state index contributed by atoms with van der Waals surface area (Å²) >= 11 is 0. The molecule has 0 aliphatic heterocycles. The summed E-state index contributed by atoms with van der Waals surface area (Å²) in [6.45, 7) is 0. The van der Waals surface area contributed by atoms with Crippen LogP contribution in [0.4, 0.5) is 0 Å². The highest BCUT2D eigenvalue weighted by Gasteiger charge is 2.19. The molecule has 2 aromatic heterocycles. The van der Waals surface area contributed by atoms with Crippen molar-refractivity contribution in [2.24, 2.45) is 0 Å². The first-order valence-electron chi connectivity index (χ1n) is 20.0. The quantitative estimate of drug-likeness (QED) is 0.167. The fraction of sp³-hybridized carbons (Fsp3) is 0. The summed E-state index contributed by atoms with van der Waals surface area (Å²) < 4.78 is 4.90. The van der Waals surface area contributed by atoms with E-state index in [2.05, 4.69) is 228 Å². The zero-order chi connectivity index (χ0) is 38.2. The van der Waals surface area contributed by atoms with E-state index in [1.807, 2.05) is 0 Å². The smallest absolute Gasteiger partial charge is 0.0547 e. The third-order valence-corrected chi connectivity index (χ3v) is 12.1. The van der Waals surface area contributed by atoms with Crippen molar-refractivity contribution in [1.29, 1.82) is 0 Å². The number of hydrogen-bond donors (Lipinski definition) is 0. The largest absolute Gasteiger partial charge is 0.309 e. The van der Waals surface area contributed by atoms with Gasteiger partial charge in [-0.05, 0) is 110 Å². The van der Waals surface area contributed by atoms with Crippen LogP contribution < -0.4 is 0 Å². The molecular weight excluding hydrogens is 701 g/mol. The average Bonchev–Trinajstić information content (AvgIpc) is 3.81. The molecule has 0 aliphatic carbocycles. The first-order chi connectivity index (χ1) is 28.7. The van der Waals surface area contributed by atoms with Gasteiger partial charge < -0.3 is 9.13 Å². The maximum atomic E-state index is 2.48. The van der Waals surface area contributed by atoms with Crippen LogP contribution in [0.15, 0.2) is 218 Å². The number of hydrogen-bond acceptors (Lipinski definition) is 0. The van der Waals surface area contributed by atoms with Gasteiger partial charge in [0.2, 0.25) is 0 Å². The first kappa shape index (κ1) is 32.6. The van der Waals surface area contributed by atoms with E-state index in [-0.39, 0.29) is 0 Å². The van der Waals surface area contributed by atoms with Crippen LogP contribution in [0, 0.1) is 0 Å². The van der Waals surface area contributed by atoms with E-state index in [1.54, 1.807) is 0 Å². The average molecular weight is 737 g/mol. The van der Waals surface area contributed by atoms with Gasteiger partial charge in [0.25, 0.3) is 0 Å². The summed E-state index contributed by atoms with van der Waals surface area (Å²) in [7, 11) is 0. The van der Waals surface area contributed by atoms with Crippen LogP contribution in [0.5, 0.6) is 0 Å². The van der Waals surface area contributed by atoms with Crippen LogP contribution in [0.1, 0.15) is 0 Å². The molecule has 0 radical (unpaired) electrons. The predicted molar refractivity (Wildman–Crippen MR) is 246 cm³/mol. The van der Waals surface area contributed by atoms with E-state index in [0.717, 1.165) is 5.69 Å². The Morgan fingerprint density at radius 1 is 0.241 bits per heavy atom. The van der Waals surface area contributed by atoms with Gasteiger partial charge in [0.05, 0.1) is 27.8 Å². The molecule has 12 aromatic rings. The summed E-state index contributed by atoms with van der Waals surface area (Å²) in [5, 5.41) is 9.95. The van der Waals surface area contributed by atoms with E-state index < -0.39 is 0 Å². The summed E-state index contributed by atoms with van der Waals surface area (Å²) in [6.07, 6.45) is 0. The molecule has 0 amide bonds. The molecule has 2 nitrogen and oxygen atoms in total. The maximum absolute atomic E-state index is 2.48. The molecule has 12 rings (SSSR count). The molecular formula is C56H36N2. The molecule has 58 heavy (non-hydrogen) atoms. The number of nitrogens with zero attached hydrogens (tertiary/aromatic N) is 2. The van der Waals surface area contributed by atoms with Crippen LogP contribution in [-0.2, 0) is 0 Å². The molecule has 0 saturated carbocycles. The topological polar surface area (TPSA) is 9.86 Å². The van der Waals surface area contributed by atoms with Gasteiger partial charge in [-0.3, -0.25) is 0 Å². The van der Waals surface area contributed by atoms with Gasteiger partial charge in [0.1, 0.15) is 0 Å². The van der Waals surface area contributed by atoms with Gasteiger partial charge in [-0.2, -0.15) is 0 Å². The van der Waals surface area contributed by atoms with Crippen LogP contribution in [0.2, 0.25) is 0 Å². The van der Waals surface area contributed by atoms with Gasteiger partial charge in [-0.15, -0.1) is 0 Å². The highest BCUT2D eigenvalue weighted by molar-refractivity contribution is 6.13. The van der Waals surface area contributed by atoms with Gasteiger partial charge in [0.15, 0.2) is 0 Å². The van der Waals surface area contributed by atoms with Crippen LogP contribution >= 0.6 is 0 Å². The van der Waals surface area contributed by atoms with E-state index in [4.69, 9.17) is 0 Å². The molecule has 10 aromatic carbocycles. The highest BCUT2D eigenvalue weighted by Crippen LogP contribution is 2.41. The molecule has 0 saturated heterocycles. The lowest BCUT2D eigenvalue weighted by atomic mass is 9.98. The minimum Gasteiger partial charge on any atom is -0.309 e. The fourth-order valence-electron chi connectivity index (χ4n) is 9.30. The van der Waals surface area contributed by atoms with Crippen molar-refractivity contribution in [3.8, 4) is 44.8 Å². The Hall–Kier alpha value is -7.68. The summed E-state index contributed by atoms with van der Waals surface area (Å²) in [4.78, 5) is 0. The Morgan fingerprint density at radius 2 is 0.776 bits per heavy atom. The summed E-state index contributed by atoms with van der Waals surface area (Å²) in [6, 6.07) is 80.1.